The molecule has 2 amide bonds. The van der Waals surface area contributed by atoms with E-state index in [0.29, 0.717) is 24.3 Å². The average molecular weight is 385 g/mol. The highest BCUT2D eigenvalue weighted by Gasteiger charge is 2.17. The van der Waals surface area contributed by atoms with Gasteiger partial charge >= 0.3 is 0 Å². The molecule has 0 spiro atoms. The number of hydrogen-bond acceptors (Lipinski definition) is 5. The zero-order valence-electron chi connectivity index (χ0n) is 16.0. The smallest absolute Gasteiger partial charge is 0.240 e. The number of carbonyl (C=O) groups excluding carboxylic acids is 2. The molecule has 0 saturated carbocycles. The van der Waals surface area contributed by atoms with Gasteiger partial charge in [0.05, 0.1) is 18.0 Å². The van der Waals surface area contributed by atoms with Gasteiger partial charge in [0.25, 0.3) is 0 Å². The van der Waals surface area contributed by atoms with Crippen LogP contribution in [0.5, 0.6) is 0 Å². The van der Waals surface area contributed by atoms with Gasteiger partial charge in [-0.2, -0.15) is 0 Å². The van der Waals surface area contributed by atoms with Crippen molar-refractivity contribution in [3.63, 3.8) is 0 Å². The Morgan fingerprint density at radius 3 is 2.27 bits per heavy atom. The SMILES string of the molecule is CCN(CC)C(=O)CN(C)CC(=O)Nc1ccc(C)c(S(=O)(=O)NC)c1. The van der Waals surface area contributed by atoms with E-state index in [4.69, 9.17) is 0 Å². The third-order valence-electron chi connectivity index (χ3n) is 3.96. The van der Waals surface area contributed by atoms with Crippen LogP contribution < -0.4 is 10.0 Å². The van der Waals surface area contributed by atoms with Gasteiger partial charge in [0.2, 0.25) is 21.8 Å². The molecular weight excluding hydrogens is 356 g/mol. The molecule has 1 aromatic rings. The first-order valence-corrected chi connectivity index (χ1v) is 9.93. The van der Waals surface area contributed by atoms with Crippen LogP contribution in [-0.4, -0.2) is 70.3 Å². The van der Waals surface area contributed by atoms with Crippen molar-refractivity contribution < 1.29 is 18.0 Å². The molecular formula is C17H28N4O4S. The molecule has 0 fully saturated rings. The Kier molecular flexibility index (Phi) is 8.19. The van der Waals surface area contributed by atoms with Crippen LogP contribution in [-0.2, 0) is 19.6 Å². The van der Waals surface area contributed by atoms with Gasteiger partial charge in [-0.15, -0.1) is 0 Å². The molecule has 0 radical (unpaired) electrons. The monoisotopic (exact) mass is 384 g/mol. The summed E-state index contributed by atoms with van der Waals surface area (Å²) in [5.41, 5.74) is 0.970. The molecule has 0 aliphatic heterocycles. The zero-order chi connectivity index (χ0) is 19.9. The van der Waals surface area contributed by atoms with Gasteiger partial charge in [-0.05, 0) is 52.6 Å². The van der Waals surface area contributed by atoms with Crippen molar-refractivity contribution in [2.75, 3.05) is 45.6 Å². The van der Waals surface area contributed by atoms with Crippen molar-refractivity contribution >= 4 is 27.5 Å². The zero-order valence-corrected chi connectivity index (χ0v) is 16.8. The lowest BCUT2D eigenvalue weighted by Crippen LogP contribution is -2.41. The van der Waals surface area contributed by atoms with Crippen LogP contribution in [0.1, 0.15) is 19.4 Å². The molecule has 26 heavy (non-hydrogen) atoms. The number of sulfonamides is 1. The van der Waals surface area contributed by atoms with Crippen LogP contribution in [0.3, 0.4) is 0 Å². The van der Waals surface area contributed by atoms with Crippen molar-refractivity contribution in [3.8, 4) is 0 Å². The Morgan fingerprint density at radius 2 is 1.73 bits per heavy atom. The molecule has 0 unspecified atom stereocenters. The van der Waals surface area contributed by atoms with E-state index in [1.54, 1.807) is 35.9 Å². The topological polar surface area (TPSA) is 98.8 Å². The van der Waals surface area contributed by atoms with Crippen LogP contribution in [0.4, 0.5) is 5.69 Å². The van der Waals surface area contributed by atoms with Crippen LogP contribution in [0.25, 0.3) is 0 Å². The van der Waals surface area contributed by atoms with Crippen molar-refractivity contribution in [1.29, 1.82) is 0 Å². The Balaban J connectivity index is 2.74. The maximum Gasteiger partial charge on any atom is 0.240 e. The molecule has 0 saturated heterocycles. The fraction of sp³-hybridized carbons (Fsp3) is 0.529. The van der Waals surface area contributed by atoms with E-state index in [-0.39, 0.29) is 29.8 Å². The number of carbonyl (C=O) groups is 2. The lowest BCUT2D eigenvalue weighted by molar-refractivity contribution is -0.132. The van der Waals surface area contributed by atoms with Crippen LogP contribution in [0.15, 0.2) is 23.1 Å². The first-order valence-electron chi connectivity index (χ1n) is 8.44. The van der Waals surface area contributed by atoms with Crippen LogP contribution in [0, 0.1) is 6.92 Å². The summed E-state index contributed by atoms with van der Waals surface area (Å²) in [6.45, 7) is 6.91. The van der Waals surface area contributed by atoms with Gasteiger partial charge in [0.1, 0.15) is 0 Å². The van der Waals surface area contributed by atoms with E-state index >= 15 is 0 Å². The Labute approximate surface area is 155 Å². The lowest BCUT2D eigenvalue weighted by atomic mass is 10.2. The summed E-state index contributed by atoms with van der Waals surface area (Å²) in [7, 11) is -0.581. The first-order chi connectivity index (χ1) is 12.1. The molecule has 0 heterocycles. The molecule has 146 valence electrons. The molecule has 1 rings (SSSR count). The van der Waals surface area contributed by atoms with Crippen molar-refractivity contribution in [3.05, 3.63) is 23.8 Å². The van der Waals surface area contributed by atoms with E-state index in [0.717, 1.165) is 0 Å². The molecule has 0 aliphatic carbocycles. The summed E-state index contributed by atoms with van der Waals surface area (Å²) in [4.78, 5) is 27.7. The number of rotatable bonds is 9. The predicted octanol–water partition coefficient (Wildman–Crippen LogP) is 0.642. The normalized spacial score (nSPS) is 11.5. The molecule has 0 aromatic heterocycles. The molecule has 0 atom stereocenters. The van der Waals surface area contributed by atoms with Crippen molar-refractivity contribution in [2.24, 2.45) is 0 Å². The van der Waals surface area contributed by atoms with Crippen LogP contribution in [0.2, 0.25) is 0 Å². The number of aryl methyl sites for hydroxylation is 1. The van der Waals surface area contributed by atoms with E-state index in [1.807, 2.05) is 13.8 Å². The maximum atomic E-state index is 12.2. The fourth-order valence-electron chi connectivity index (χ4n) is 2.49. The maximum absolute atomic E-state index is 12.2. The highest BCUT2D eigenvalue weighted by Crippen LogP contribution is 2.19. The number of likely N-dealkylation sites (N-methyl/N-ethyl adjacent to an activating group) is 2. The lowest BCUT2D eigenvalue weighted by Gasteiger charge is -2.22. The Hall–Kier alpha value is -1.97. The third-order valence-corrected chi connectivity index (χ3v) is 5.52. The predicted molar refractivity (Wildman–Crippen MR) is 101 cm³/mol. The molecule has 0 aliphatic rings. The summed E-state index contributed by atoms with van der Waals surface area (Å²) in [5.74, 6) is -0.362. The quantitative estimate of drug-likeness (QED) is 0.651. The summed E-state index contributed by atoms with van der Waals surface area (Å²) >= 11 is 0. The highest BCUT2D eigenvalue weighted by molar-refractivity contribution is 7.89. The van der Waals surface area contributed by atoms with E-state index in [9.17, 15) is 18.0 Å². The minimum absolute atomic E-state index is 0.0228. The van der Waals surface area contributed by atoms with E-state index in [1.165, 1.54) is 13.1 Å². The van der Waals surface area contributed by atoms with E-state index in [2.05, 4.69) is 10.0 Å². The van der Waals surface area contributed by atoms with Gasteiger partial charge in [0.15, 0.2) is 0 Å². The number of hydrogen-bond donors (Lipinski definition) is 2. The van der Waals surface area contributed by atoms with Crippen molar-refractivity contribution in [2.45, 2.75) is 25.7 Å². The second-order valence-electron chi connectivity index (χ2n) is 5.97. The number of nitrogens with one attached hydrogen (secondary N) is 2. The minimum Gasteiger partial charge on any atom is -0.342 e. The number of anilines is 1. The average Bonchev–Trinajstić information content (AvgIpc) is 2.57. The largest absolute Gasteiger partial charge is 0.342 e. The molecule has 1 aromatic carbocycles. The number of benzene rings is 1. The molecule has 2 N–H and O–H groups in total. The van der Waals surface area contributed by atoms with Crippen LogP contribution >= 0.6 is 0 Å². The molecule has 9 heteroatoms. The van der Waals surface area contributed by atoms with Crippen molar-refractivity contribution in [1.82, 2.24) is 14.5 Å². The third kappa shape index (κ3) is 6.08. The standard InChI is InChI=1S/C17H28N4O4S/c1-6-21(7-2)17(23)12-20(5)11-16(22)19-14-9-8-13(3)15(10-14)26(24,25)18-4/h8-10,18H,6-7,11-12H2,1-5H3,(H,19,22). The summed E-state index contributed by atoms with van der Waals surface area (Å²) < 4.78 is 26.3. The fourth-order valence-corrected chi connectivity index (χ4v) is 3.48. The van der Waals surface area contributed by atoms with Gasteiger partial charge in [0, 0.05) is 18.8 Å². The minimum atomic E-state index is -3.60. The second-order valence-corrected chi connectivity index (χ2v) is 7.83. The van der Waals surface area contributed by atoms with E-state index < -0.39 is 10.0 Å². The number of amides is 2. The summed E-state index contributed by atoms with van der Waals surface area (Å²) in [5, 5.41) is 2.67. The summed E-state index contributed by atoms with van der Waals surface area (Å²) in [6, 6.07) is 4.69. The Morgan fingerprint density at radius 1 is 1.12 bits per heavy atom. The van der Waals surface area contributed by atoms with Gasteiger partial charge in [-0.3, -0.25) is 14.5 Å². The van der Waals surface area contributed by atoms with Gasteiger partial charge in [-0.25, -0.2) is 13.1 Å². The highest BCUT2D eigenvalue weighted by atomic mass is 32.2. The van der Waals surface area contributed by atoms with Gasteiger partial charge in [-0.1, -0.05) is 6.07 Å². The summed E-state index contributed by atoms with van der Waals surface area (Å²) in [6.07, 6.45) is 0. The molecule has 0 bridgehead atoms. The molecule has 8 nitrogen and oxygen atoms in total. The number of nitrogens with zero attached hydrogens (tertiary/aromatic N) is 2. The Bertz CT molecular complexity index is 745. The first kappa shape index (κ1) is 22.1. The van der Waals surface area contributed by atoms with Gasteiger partial charge < -0.3 is 10.2 Å². The second kappa shape index (κ2) is 9.65.